The zero-order valence-electron chi connectivity index (χ0n) is 10.5. The molecule has 1 heteroatoms. The summed E-state index contributed by atoms with van der Waals surface area (Å²) in [6, 6.07) is 0. The maximum absolute atomic E-state index is 6.32. The van der Waals surface area contributed by atoms with E-state index in [4.69, 9.17) is 11.6 Å². The van der Waals surface area contributed by atoms with Crippen molar-refractivity contribution in [2.75, 3.05) is 0 Å². The van der Waals surface area contributed by atoms with Crippen LogP contribution in [-0.2, 0) is 0 Å². The van der Waals surface area contributed by atoms with E-state index in [2.05, 4.69) is 40.9 Å². The molecule has 0 aliphatic heterocycles. The molecule has 0 fully saturated rings. The van der Waals surface area contributed by atoms with Crippen LogP contribution >= 0.6 is 11.6 Å². The molecule has 1 atom stereocenters. The van der Waals surface area contributed by atoms with Gasteiger partial charge in [0, 0.05) is 10.4 Å². The van der Waals surface area contributed by atoms with Gasteiger partial charge in [-0.1, -0.05) is 52.5 Å². The quantitative estimate of drug-likeness (QED) is 0.584. The Bertz CT molecular complexity index is 358. The fourth-order valence-corrected chi connectivity index (χ4v) is 2.76. The smallest absolute Gasteiger partial charge is 0.0469 e. The van der Waals surface area contributed by atoms with Crippen LogP contribution in [0.2, 0.25) is 0 Å². The number of hydrogen-bond acceptors (Lipinski definition) is 0. The van der Waals surface area contributed by atoms with Crippen LogP contribution in [0.4, 0.5) is 0 Å². The zero-order valence-corrected chi connectivity index (χ0v) is 11.3. The van der Waals surface area contributed by atoms with E-state index in [0.717, 1.165) is 28.2 Å². The van der Waals surface area contributed by atoms with Crippen LogP contribution < -0.4 is 0 Å². The van der Waals surface area contributed by atoms with Gasteiger partial charge in [-0.25, -0.2) is 0 Å². The van der Waals surface area contributed by atoms with Crippen LogP contribution in [0.15, 0.2) is 34.9 Å². The Labute approximate surface area is 98.7 Å². The van der Waals surface area contributed by atoms with E-state index >= 15 is 0 Å². The molecule has 84 valence electrons. The summed E-state index contributed by atoms with van der Waals surface area (Å²) in [5.41, 5.74) is 3.34. The molecular weight excluding hydrogens is 204 g/mol. The number of allylic oxidation sites excluding steroid dienone is 4. The van der Waals surface area contributed by atoms with Crippen LogP contribution in [0.5, 0.6) is 0 Å². The van der Waals surface area contributed by atoms with E-state index in [9.17, 15) is 0 Å². The van der Waals surface area contributed by atoms with Crippen LogP contribution in [0, 0.1) is 10.8 Å². The second-order valence-electron chi connectivity index (χ2n) is 5.21. The first-order chi connectivity index (χ1) is 6.70. The molecule has 0 N–H and O–H groups in total. The Morgan fingerprint density at radius 2 is 1.60 bits per heavy atom. The molecule has 0 saturated heterocycles. The summed E-state index contributed by atoms with van der Waals surface area (Å²) in [7, 11) is 0. The Hall–Kier alpha value is -0.490. The SMILES string of the molecule is C=C1C(C)=C(Cl)C(=C)C(C)(CC)C1(C)C. The fourth-order valence-electron chi connectivity index (χ4n) is 2.44. The van der Waals surface area contributed by atoms with Crippen molar-refractivity contribution >= 4 is 11.6 Å². The first kappa shape index (κ1) is 12.6. The third-order valence-corrected chi connectivity index (χ3v) is 5.07. The minimum atomic E-state index is 0.0146. The lowest BCUT2D eigenvalue weighted by Crippen LogP contribution is -2.41. The Balaban J connectivity index is 3.49. The van der Waals surface area contributed by atoms with Gasteiger partial charge >= 0.3 is 0 Å². The summed E-state index contributed by atoms with van der Waals surface area (Å²) in [6.07, 6.45) is 1.03. The van der Waals surface area contributed by atoms with Gasteiger partial charge in [-0.3, -0.25) is 0 Å². The van der Waals surface area contributed by atoms with Crippen LogP contribution in [0.25, 0.3) is 0 Å². The van der Waals surface area contributed by atoms with E-state index in [1.807, 2.05) is 6.92 Å². The summed E-state index contributed by atoms with van der Waals surface area (Å²) >= 11 is 6.32. The Morgan fingerprint density at radius 3 is 2.00 bits per heavy atom. The van der Waals surface area contributed by atoms with Crippen molar-refractivity contribution in [3.63, 3.8) is 0 Å². The Kier molecular flexibility index (Phi) is 2.95. The predicted molar refractivity (Wildman–Crippen MR) is 69.0 cm³/mol. The van der Waals surface area contributed by atoms with E-state index in [-0.39, 0.29) is 10.8 Å². The molecule has 0 saturated carbocycles. The lowest BCUT2D eigenvalue weighted by molar-refractivity contribution is 0.168. The maximum atomic E-state index is 6.32. The largest absolute Gasteiger partial charge is 0.0949 e. The highest BCUT2D eigenvalue weighted by atomic mass is 35.5. The summed E-state index contributed by atoms with van der Waals surface area (Å²) in [4.78, 5) is 0. The number of halogens is 1. The standard InChI is InChI=1S/C14H21Cl/c1-8-14(7)11(4)12(15)9(2)10(3)13(14,5)6/h3-4,8H2,1-2,5-7H3. The molecule has 0 bridgehead atoms. The van der Waals surface area contributed by atoms with Crippen molar-refractivity contribution in [3.05, 3.63) is 34.9 Å². The summed E-state index contributed by atoms with van der Waals surface area (Å²) < 4.78 is 0. The van der Waals surface area contributed by atoms with Crippen molar-refractivity contribution in [1.29, 1.82) is 0 Å². The van der Waals surface area contributed by atoms with E-state index in [1.54, 1.807) is 0 Å². The van der Waals surface area contributed by atoms with Gasteiger partial charge in [0.05, 0.1) is 0 Å². The predicted octanol–water partition coefficient (Wildman–Crippen LogP) is 5.07. The maximum Gasteiger partial charge on any atom is 0.0469 e. The summed E-state index contributed by atoms with van der Waals surface area (Å²) in [5, 5.41) is 0.809. The highest BCUT2D eigenvalue weighted by Gasteiger charge is 2.48. The molecule has 15 heavy (non-hydrogen) atoms. The van der Waals surface area contributed by atoms with E-state index in [1.165, 1.54) is 0 Å². The summed E-state index contributed by atoms with van der Waals surface area (Å²) in [6.45, 7) is 19.3. The van der Waals surface area contributed by atoms with Crippen LogP contribution in [-0.4, -0.2) is 0 Å². The molecule has 0 aromatic carbocycles. The van der Waals surface area contributed by atoms with Gasteiger partial charge < -0.3 is 0 Å². The molecule has 1 unspecified atom stereocenters. The molecule has 0 radical (unpaired) electrons. The molecule has 0 nitrogen and oxygen atoms in total. The average Bonchev–Trinajstić information content (AvgIpc) is 2.21. The van der Waals surface area contributed by atoms with Gasteiger partial charge in [-0.05, 0) is 35.5 Å². The van der Waals surface area contributed by atoms with Gasteiger partial charge in [0.15, 0.2) is 0 Å². The normalized spacial score (nSPS) is 31.1. The van der Waals surface area contributed by atoms with Crippen molar-refractivity contribution in [2.24, 2.45) is 10.8 Å². The minimum absolute atomic E-state index is 0.0146. The van der Waals surface area contributed by atoms with Gasteiger partial charge in [0.2, 0.25) is 0 Å². The van der Waals surface area contributed by atoms with Gasteiger partial charge in [0.1, 0.15) is 0 Å². The lowest BCUT2D eigenvalue weighted by Gasteiger charge is -2.50. The molecule has 0 heterocycles. The molecule has 1 rings (SSSR count). The van der Waals surface area contributed by atoms with Gasteiger partial charge in [-0.15, -0.1) is 0 Å². The van der Waals surface area contributed by atoms with Crippen LogP contribution in [0.3, 0.4) is 0 Å². The molecule has 0 amide bonds. The van der Waals surface area contributed by atoms with Gasteiger partial charge in [0.25, 0.3) is 0 Å². The molecular formula is C14H21Cl. The highest BCUT2D eigenvalue weighted by molar-refractivity contribution is 6.32. The van der Waals surface area contributed by atoms with Crippen molar-refractivity contribution in [3.8, 4) is 0 Å². The average molecular weight is 225 g/mol. The number of rotatable bonds is 1. The first-order valence-electron chi connectivity index (χ1n) is 5.46. The monoisotopic (exact) mass is 224 g/mol. The van der Waals surface area contributed by atoms with Crippen LogP contribution in [0.1, 0.15) is 41.0 Å². The first-order valence-corrected chi connectivity index (χ1v) is 5.83. The summed E-state index contributed by atoms with van der Waals surface area (Å²) in [5.74, 6) is 0. The lowest BCUT2D eigenvalue weighted by atomic mass is 9.54. The molecule has 0 spiro atoms. The minimum Gasteiger partial charge on any atom is -0.0949 e. The molecule has 1 aliphatic rings. The van der Waals surface area contributed by atoms with Gasteiger partial charge in [-0.2, -0.15) is 0 Å². The molecule has 1 aliphatic carbocycles. The Morgan fingerprint density at radius 1 is 1.13 bits per heavy atom. The number of hydrogen-bond donors (Lipinski definition) is 0. The van der Waals surface area contributed by atoms with Crippen molar-refractivity contribution in [2.45, 2.75) is 41.0 Å². The fraction of sp³-hybridized carbons (Fsp3) is 0.571. The molecule has 0 aromatic rings. The van der Waals surface area contributed by atoms with E-state index in [0.29, 0.717) is 0 Å². The third kappa shape index (κ3) is 1.42. The topological polar surface area (TPSA) is 0 Å². The van der Waals surface area contributed by atoms with Crippen molar-refractivity contribution < 1.29 is 0 Å². The second-order valence-corrected chi connectivity index (χ2v) is 5.58. The van der Waals surface area contributed by atoms with Crippen molar-refractivity contribution in [1.82, 2.24) is 0 Å². The second kappa shape index (κ2) is 3.52. The van der Waals surface area contributed by atoms with E-state index < -0.39 is 0 Å². The highest BCUT2D eigenvalue weighted by Crippen LogP contribution is 2.58. The molecule has 0 aromatic heterocycles. The zero-order chi connectivity index (χ0) is 12.0. The third-order valence-electron chi connectivity index (χ3n) is 4.55.